The van der Waals surface area contributed by atoms with Crippen molar-refractivity contribution in [3.63, 3.8) is 0 Å². The first-order valence-electron chi connectivity index (χ1n) is 9.11. The molecule has 0 saturated heterocycles. The van der Waals surface area contributed by atoms with Gasteiger partial charge in [-0.1, -0.05) is 24.3 Å². The van der Waals surface area contributed by atoms with E-state index in [-0.39, 0.29) is 5.91 Å². The molecule has 5 heteroatoms. The Kier molecular flexibility index (Phi) is 3.60. The maximum atomic E-state index is 13.0. The van der Waals surface area contributed by atoms with Crippen molar-refractivity contribution in [3.05, 3.63) is 71.8 Å². The van der Waals surface area contributed by atoms with E-state index >= 15 is 0 Å². The van der Waals surface area contributed by atoms with Crippen LogP contribution in [0.3, 0.4) is 0 Å². The molecule has 0 saturated carbocycles. The second-order valence-corrected chi connectivity index (χ2v) is 6.88. The van der Waals surface area contributed by atoms with Gasteiger partial charge in [-0.15, -0.1) is 0 Å². The smallest absolute Gasteiger partial charge is 0.290 e. The van der Waals surface area contributed by atoms with Crippen molar-refractivity contribution in [2.75, 3.05) is 13.1 Å². The fourth-order valence-electron chi connectivity index (χ4n) is 3.84. The Morgan fingerprint density at radius 3 is 2.85 bits per heavy atom. The third kappa shape index (κ3) is 2.54. The van der Waals surface area contributed by atoms with E-state index in [4.69, 9.17) is 4.42 Å². The molecule has 0 radical (unpaired) electrons. The fraction of sp³-hybridized carbons (Fsp3) is 0.182. The summed E-state index contributed by atoms with van der Waals surface area (Å²) in [5, 5.41) is 2.12. The first-order chi connectivity index (χ1) is 13.2. The van der Waals surface area contributed by atoms with E-state index in [0.29, 0.717) is 18.8 Å². The van der Waals surface area contributed by atoms with Gasteiger partial charge in [-0.2, -0.15) is 0 Å². The SMILES string of the molecule is Cc1c(C(=O)N2CC=C(c3c[nH]c4ncccc34)CC2)oc2ccccc12. The molecule has 4 heterocycles. The number of nitrogens with one attached hydrogen (secondary N) is 1. The standard InChI is InChI=1S/C22H19N3O2/c1-14-16-5-2-3-7-19(16)27-20(14)22(26)25-11-8-15(9-12-25)18-13-24-21-17(18)6-4-10-23-21/h2-8,10,13H,9,11-12H2,1H3,(H,23,24). The summed E-state index contributed by atoms with van der Waals surface area (Å²) in [5.41, 5.74) is 4.99. The second-order valence-electron chi connectivity index (χ2n) is 6.88. The highest BCUT2D eigenvalue weighted by atomic mass is 16.3. The summed E-state index contributed by atoms with van der Waals surface area (Å²) in [6.07, 6.45) is 6.74. The maximum absolute atomic E-state index is 13.0. The first kappa shape index (κ1) is 15.9. The van der Waals surface area contributed by atoms with E-state index in [9.17, 15) is 4.79 Å². The number of aryl methyl sites for hydroxylation is 1. The molecule has 5 nitrogen and oxygen atoms in total. The molecule has 3 aromatic heterocycles. The third-order valence-corrected chi connectivity index (χ3v) is 5.33. The van der Waals surface area contributed by atoms with Gasteiger partial charge in [0.2, 0.25) is 0 Å². The van der Waals surface area contributed by atoms with Gasteiger partial charge in [0, 0.05) is 47.4 Å². The Balaban J connectivity index is 1.42. The molecule has 0 atom stereocenters. The van der Waals surface area contributed by atoms with Gasteiger partial charge in [0.25, 0.3) is 5.91 Å². The molecule has 1 N–H and O–H groups in total. The summed E-state index contributed by atoms with van der Waals surface area (Å²) in [6.45, 7) is 3.20. The van der Waals surface area contributed by atoms with Crippen LogP contribution in [0.1, 0.15) is 28.1 Å². The van der Waals surface area contributed by atoms with Gasteiger partial charge in [0.05, 0.1) is 0 Å². The number of H-pyrrole nitrogens is 1. The van der Waals surface area contributed by atoms with Crippen molar-refractivity contribution >= 4 is 33.5 Å². The van der Waals surface area contributed by atoms with Crippen molar-refractivity contribution in [1.29, 1.82) is 0 Å². The van der Waals surface area contributed by atoms with Crippen LogP contribution in [0.2, 0.25) is 0 Å². The number of furan rings is 1. The molecule has 27 heavy (non-hydrogen) atoms. The topological polar surface area (TPSA) is 62.1 Å². The van der Waals surface area contributed by atoms with Crippen LogP contribution in [0.4, 0.5) is 0 Å². The van der Waals surface area contributed by atoms with Gasteiger partial charge in [0.1, 0.15) is 11.2 Å². The lowest BCUT2D eigenvalue weighted by atomic mass is 9.99. The van der Waals surface area contributed by atoms with Crippen LogP contribution in [0.15, 0.2) is 59.3 Å². The summed E-state index contributed by atoms with van der Waals surface area (Å²) >= 11 is 0. The van der Waals surface area contributed by atoms with Crippen LogP contribution in [0.5, 0.6) is 0 Å². The molecule has 5 rings (SSSR count). The highest BCUT2D eigenvalue weighted by molar-refractivity contribution is 5.99. The fourth-order valence-corrected chi connectivity index (χ4v) is 3.84. The predicted molar refractivity (Wildman–Crippen MR) is 106 cm³/mol. The van der Waals surface area contributed by atoms with Crippen LogP contribution < -0.4 is 0 Å². The lowest BCUT2D eigenvalue weighted by Crippen LogP contribution is -2.34. The molecule has 4 aromatic rings. The van der Waals surface area contributed by atoms with Crippen LogP contribution in [0.25, 0.3) is 27.6 Å². The van der Waals surface area contributed by atoms with Crippen LogP contribution >= 0.6 is 0 Å². The number of pyridine rings is 1. The number of rotatable bonds is 2. The lowest BCUT2D eigenvalue weighted by Gasteiger charge is -2.26. The minimum atomic E-state index is -0.0420. The van der Waals surface area contributed by atoms with Gasteiger partial charge in [-0.05, 0) is 37.1 Å². The minimum Gasteiger partial charge on any atom is -0.451 e. The quantitative estimate of drug-likeness (QED) is 0.572. The third-order valence-electron chi connectivity index (χ3n) is 5.33. The molecule has 0 unspecified atom stereocenters. The maximum Gasteiger partial charge on any atom is 0.290 e. The van der Waals surface area contributed by atoms with Gasteiger partial charge in [0.15, 0.2) is 5.76 Å². The number of aromatic nitrogens is 2. The number of carbonyl (C=O) groups excluding carboxylic acids is 1. The molecule has 0 spiro atoms. The van der Waals surface area contributed by atoms with E-state index in [2.05, 4.69) is 22.1 Å². The van der Waals surface area contributed by atoms with Gasteiger partial charge in [-0.3, -0.25) is 4.79 Å². The van der Waals surface area contributed by atoms with Crippen molar-refractivity contribution in [3.8, 4) is 0 Å². The zero-order chi connectivity index (χ0) is 18.4. The molecule has 1 aliphatic rings. The van der Waals surface area contributed by atoms with Crippen LogP contribution in [-0.2, 0) is 0 Å². The summed E-state index contributed by atoms with van der Waals surface area (Å²) in [4.78, 5) is 22.4. The number of hydrogen-bond donors (Lipinski definition) is 1. The number of fused-ring (bicyclic) bond motifs is 2. The Labute approximate surface area is 156 Å². The number of para-hydroxylation sites is 1. The number of hydrogen-bond acceptors (Lipinski definition) is 3. The van der Waals surface area contributed by atoms with Crippen molar-refractivity contribution < 1.29 is 9.21 Å². The first-order valence-corrected chi connectivity index (χ1v) is 9.11. The average molecular weight is 357 g/mol. The van der Waals surface area contributed by atoms with Crippen LogP contribution in [-0.4, -0.2) is 33.9 Å². The molecule has 0 aliphatic carbocycles. The van der Waals surface area contributed by atoms with Crippen LogP contribution in [0, 0.1) is 6.92 Å². The summed E-state index contributed by atoms with van der Waals surface area (Å²) in [7, 11) is 0. The van der Waals surface area contributed by atoms with Gasteiger partial charge >= 0.3 is 0 Å². The average Bonchev–Trinajstić information content (AvgIpc) is 3.29. The molecular weight excluding hydrogens is 338 g/mol. The van der Waals surface area contributed by atoms with Crippen molar-refractivity contribution in [1.82, 2.24) is 14.9 Å². The Morgan fingerprint density at radius 2 is 2.04 bits per heavy atom. The molecule has 0 fully saturated rings. The van der Waals surface area contributed by atoms with E-state index in [1.807, 2.05) is 48.4 Å². The number of carbonyl (C=O) groups is 1. The largest absolute Gasteiger partial charge is 0.451 e. The van der Waals surface area contributed by atoms with Gasteiger partial charge < -0.3 is 14.3 Å². The van der Waals surface area contributed by atoms with E-state index < -0.39 is 0 Å². The highest BCUT2D eigenvalue weighted by Gasteiger charge is 2.25. The monoisotopic (exact) mass is 357 g/mol. The minimum absolute atomic E-state index is 0.0420. The number of nitrogens with zero attached hydrogens (tertiary/aromatic N) is 2. The molecule has 1 aliphatic heterocycles. The summed E-state index contributed by atoms with van der Waals surface area (Å²) in [5.74, 6) is 0.406. The highest BCUT2D eigenvalue weighted by Crippen LogP contribution is 2.30. The molecule has 1 amide bonds. The van der Waals surface area contributed by atoms with E-state index in [1.165, 1.54) is 11.1 Å². The van der Waals surface area contributed by atoms with Crippen molar-refractivity contribution in [2.24, 2.45) is 0 Å². The summed E-state index contributed by atoms with van der Waals surface area (Å²) in [6, 6.07) is 11.8. The number of amides is 1. The van der Waals surface area contributed by atoms with E-state index in [1.54, 1.807) is 6.20 Å². The second kappa shape index (κ2) is 6.13. The molecule has 0 bridgehead atoms. The Bertz CT molecular complexity index is 1200. The molecule has 134 valence electrons. The number of aromatic amines is 1. The van der Waals surface area contributed by atoms with Gasteiger partial charge in [-0.25, -0.2) is 4.98 Å². The zero-order valence-electron chi connectivity index (χ0n) is 15.0. The summed E-state index contributed by atoms with van der Waals surface area (Å²) < 4.78 is 5.85. The lowest BCUT2D eigenvalue weighted by molar-refractivity contribution is 0.0742. The Hall–Kier alpha value is -3.34. The normalized spacial score (nSPS) is 14.7. The number of benzene rings is 1. The molecule has 1 aromatic carbocycles. The van der Waals surface area contributed by atoms with Crippen molar-refractivity contribution in [2.45, 2.75) is 13.3 Å². The van der Waals surface area contributed by atoms with E-state index in [0.717, 1.165) is 34.0 Å². The zero-order valence-corrected chi connectivity index (χ0v) is 15.0. The predicted octanol–water partition coefficient (Wildman–Crippen LogP) is 4.55. The molecular formula is C22H19N3O2. The Morgan fingerprint density at radius 1 is 1.19 bits per heavy atom.